The second kappa shape index (κ2) is 9.07. The average Bonchev–Trinajstić information content (AvgIpc) is 2.10. The summed E-state index contributed by atoms with van der Waals surface area (Å²) in [6.07, 6.45) is 4.69. The van der Waals surface area contributed by atoms with E-state index in [0.29, 0.717) is 6.42 Å². The van der Waals surface area contributed by atoms with Crippen LogP contribution < -0.4 is 0 Å². The Bertz CT molecular complexity index is 110. The van der Waals surface area contributed by atoms with E-state index in [4.69, 9.17) is 33.4 Å². The van der Waals surface area contributed by atoms with E-state index in [1.165, 1.54) is 0 Å². The fourth-order valence-corrected chi connectivity index (χ4v) is 1.46. The second-order valence-corrected chi connectivity index (χ2v) is 4.11. The van der Waals surface area contributed by atoms with Crippen molar-refractivity contribution in [1.82, 2.24) is 0 Å². The Balaban J connectivity index is 3.07. The van der Waals surface area contributed by atoms with Crippen LogP contribution in [0.3, 0.4) is 0 Å². The molecule has 0 aromatic rings. The van der Waals surface area contributed by atoms with Gasteiger partial charge >= 0.3 is 0 Å². The first-order chi connectivity index (χ1) is 6.18. The lowest BCUT2D eigenvalue weighted by Crippen LogP contribution is -2.19. The molecular weight excluding hydrogens is 211 g/mol. The highest BCUT2D eigenvalue weighted by atomic mass is 35.5. The molecule has 0 saturated carbocycles. The molecule has 0 spiro atoms. The van der Waals surface area contributed by atoms with Crippen molar-refractivity contribution in [2.24, 2.45) is 0 Å². The Kier molecular flexibility index (Phi) is 9.42. The molecule has 4 heteroatoms. The molecular formula is C9H18Cl2O2. The third kappa shape index (κ3) is 8.82. The molecule has 80 valence electrons. The number of unbranched alkanes of at least 4 members (excludes halogenated alkanes) is 4. The third-order valence-electron chi connectivity index (χ3n) is 1.94. The van der Waals surface area contributed by atoms with Crippen LogP contribution in [-0.2, 0) is 0 Å². The lowest BCUT2D eigenvalue weighted by molar-refractivity contribution is -0.0432. The van der Waals surface area contributed by atoms with Crippen LogP contribution in [0, 0.1) is 0 Å². The van der Waals surface area contributed by atoms with Crippen molar-refractivity contribution in [1.29, 1.82) is 0 Å². The van der Waals surface area contributed by atoms with Crippen LogP contribution in [0.25, 0.3) is 0 Å². The fourth-order valence-electron chi connectivity index (χ4n) is 1.11. The summed E-state index contributed by atoms with van der Waals surface area (Å²) in [6, 6.07) is 0. The maximum Gasteiger partial charge on any atom is 0.168 e. The molecule has 0 amide bonds. The van der Waals surface area contributed by atoms with Crippen molar-refractivity contribution in [3.63, 3.8) is 0 Å². The zero-order valence-electron chi connectivity index (χ0n) is 7.75. The number of hydrogen-bond acceptors (Lipinski definition) is 2. The standard InChI is InChI=1S/C9H18Cl2O2/c10-7-5-3-1-2-4-6-8(11)9(12)13/h8-9,12-13H,1-7H2. The second-order valence-electron chi connectivity index (χ2n) is 3.18. The maximum atomic E-state index is 8.67. The number of halogens is 2. The van der Waals surface area contributed by atoms with Gasteiger partial charge in [-0.05, 0) is 12.8 Å². The van der Waals surface area contributed by atoms with E-state index in [9.17, 15) is 0 Å². The molecule has 1 atom stereocenters. The zero-order valence-corrected chi connectivity index (χ0v) is 9.27. The highest BCUT2D eigenvalue weighted by molar-refractivity contribution is 6.20. The molecule has 0 aliphatic carbocycles. The van der Waals surface area contributed by atoms with Crippen molar-refractivity contribution in [2.75, 3.05) is 5.88 Å². The van der Waals surface area contributed by atoms with E-state index in [2.05, 4.69) is 0 Å². The van der Waals surface area contributed by atoms with E-state index >= 15 is 0 Å². The summed E-state index contributed by atoms with van der Waals surface area (Å²) in [5.41, 5.74) is 0. The number of rotatable bonds is 8. The van der Waals surface area contributed by atoms with Crippen molar-refractivity contribution >= 4 is 23.2 Å². The lowest BCUT2D eigenvalue weighted by atomic mass is 10.1. The summed E-state index contributed by atoms with van der Waals surface area (Å²) >= 11 is 11.2. The smallest absolute Gasteiger partial charge is 0.168 e. The minimum absolute atomic E-state index is 0.520. The summed E-state index contributed by atoms with van der Waals surface area (Å²) < 4.78 is 0. The molecule has 0 aliphatic heterocycles. The molecule has 0 aliphatic rings. The van der Waals surface area contributed by atoms with Crippen molar-refractivity contribution in [3.05, 3.63) is 0 Å². The lowest BCUT2D eigenvalue weighted by Gasteiger charge is -2.10. The largest absolute Gasteiger partial charge is 0.367 e. The summed E-state index contributed by atoms with van der Waals surface area (Å²) in [5, 5.41) is 16.8. The maximum absolute atomic E-state index is 8.67. The van der Waals surface area contributed by atoms with E-state index in [-0.39, 0.29) is 0 Å². The molecule has 13 heavy (non-hydrogen) atoms. The first-order valence-electron chi connectivity index (χ1n) is 4.74. The molecule has 0 rings (SSSR count). The van der Waals surface area contributed by atoms with Gasteiger partial charge in [-0.25, -0.2) is 0 Å². The molecule has 0 heterocycles. The van der Waals surface area contributed by atoms with Crippen molar-refractivity contribution < 1.29 is 10.2 Å². The van der Waals surface area contributed by atoms with Crippen LogP contribution in [0.5, 0.6) is 0 Å². The topological polar surface area (TPSA) is 40.5 Å². The monoisotopic (exact) mass is 228 g/mol. The summed E-state index contributed by atoms with van der Waals surface area (Å²) in [6.45, 7) is 0. The first kappa shape index (κ1) is 13.5. The minimum Gasteiger partial charge on any atom is -0.367 e. The first-order valence-corrected chi connectivity index (χ1v) is 5.71. The van der Waals surface area contributed by atoms with Gasteiger partial charge in [-0.1, -0.05) is 25.7 Å². The van der Waals surface area contributed by atoms with Gasteiger partial charge in [0.2, 0.25) is 0 Å². The Hall–Kier alpha value is 0.500. The van der Waals surface area contributed by atoms with Gasteiger partial charge in [0.05, 0.1) is 5.38 Å². The van der Waals surface area contributed by atoms with Crippen LogP contribution >= 0.6 is 23.2 Å². The van der Waals surface area contributed by atoms with Crippen molar-refractivity contribution in [2.45, 2.75) is 50.2 Å². The highest BCUT2D eigenvalue weighted by Crippen LogP contribution is 2.13. The SMILES string of the molecule is OC(O)C(Cl)CCCCCCCCl. The van der Waals surface area contributed by atoms with E-state index in [1.807, 2.05) is 0 Å². The van der Waals surface area contributed by atoms with Crippen LogP contribution in [-0.4, -0.2) is 27.8 Å². The Morgan fingerprint density at radius 2 is 1.46 bits per heavy atom. The molecule has 0 fully saturated rings. The fraction of sp³-hybridized carbons (Fsp3) is 1.00. The number of alkyl halides is 2. The Labute approximate surface area is 89.9 Å². The van der Waals surface area contributed by atoms with Gasteiger partial charge in [0, 0.05) is 5.88 Å². The van der Waals surface area contributed by atoms with E-state index < -0.39 is 11.7 Å². The molecule has 0 aromatic heterocycles. The summed E-state index contributed by atoms with van der Waals surface area (Å²) in [7, 11) is 0. The molecule has 2 nitrogen and oxygen atoms in total. The predicted molar refractivity (Wildman–Crippen MR) is 56.3 cm³/mol. The number of hydrogen-bond donors (Lipinski definition) is 2. The predicted octanol–water partition coefficient (Wildman–Crippen LogP) is 2.48. The molecule has 2 N–H and O–H groups in total. The van der Waals surface area contributed by atoms with Gasteiger partial charge in [0.15, 0.2) is 6.29 Å². The van der Waals surface area contributed by atoms with Gasteiger partial charge in [0.25, 0.3) is 0 Å². The minimum atomic E-state index is -1.38. The average molecular weight is 229 g/mol. The number of aliphatic hydroxyl groups excluding tert-OH is 1. The zero-order chi connectivity index (χ0) is 10.1. The van der Waals surface area contributed by atoms with Gasteiger partial charge in [-0.3, -0.25) is 0 Å². The molecule has 0 aromatic carbocycles. The van der Waals surface area contributed by atoms with Gasteiger partial charge in [-0.15, -0.1) is 23.2 Å². The van der Waals surface area contributed by atoms with Crippen LogP contribution in [0.2, 0.25) is 0 Å². The molecule has 1 unspecified atom stereocenters. The Morgan fingerprint density at radius 1 is 0.923 bits per heavy atom. The molecule has 0 radical (unpaired) electrons. The highest BCUT2D eigenvalue weighted by Gasteiger charge is 2.11. The quantitative estimate of drug-likeness (QED) is 0.381. The number of aliphatic hydroxyl groups is 2. The molecule has 0 bridgehead atoms. The van der Waals surface area contributed by atoms with Crippen LogP contribution in [0.15, 0.2) is 0 Å². The third-order valence-corrected chi connectivity index (χ3v) is 2.65. The van der Waals surface area contributed by atoms with Crippen molar-refractivity contribution in [3.8, 4) is 0 Å². The van der Waals surface area contributed by atoms with E-state index in [0.717, 1.165) is 38.0 Å². The summed E-state index contributed by atoms with van der Waals surface area (Å²) in [5.74, 6) is 0.730. The van der Waals surface area contributed by atoms with Crippen LogP contribution in [0.1, 0.15) is 38.5 Å². The van der Waals surface area contributed by atoms with Gasteiger partial charge in [0.1, 0.15) is 0 Å². The Morgan fingerprint density at radius 3 is 2.00 bits per heavy atom. The van der Waals surface area contributed by atoms with Gasteiger partial charge < -0.3 is 10.2 Å². The van der Waals surface area contributed by atoms with E-state index in [1.54, 1.807) is 0 Å². The van der Waals surface area contributed by atoms with Gasteiger partial charge in [-0.2, -0.15) is 0 Å². The normalized spacial score (nSPS) is 13.6. The van der Waals surface area contributed by atoms with Crippen LogP contribution in [0.4, 0.5) is 0 Å². The summed E-state index contributed by atoms with van der Waals surface area (Å²) in [4.78, 5) is 0. The molecule has 0 saturated heterocycles.